The number of nitrogens with two attached hydrogens (primary N) is 2. The summed E-state index contributed by atoms with van der Waals surface area (Å²) in [5.41, 5.74) is 5.21. The molecule has 9 heteroatoms. The van der Waals surface area contributed by atoms with Crippen molar-refractivity contribution in [1.82, 2.24) is 5.32 Å². The van der Waals surface area contributed by atoms with Crippen molar-refractivity contribution in [1.29, 1.82) is 0 Å². The molecule has 0 aromatic rings. The fourth-order valence-electron chi connectivity index (χ4n) is 0.859. The van der Waals surface area contributed by atoms with Crippen molar-refractivity contribution in [2.45, 2.75) is 13.3 Å². The Morgan fingerprint density at radius 1 is 1.56 bits per heavy atom. The van der Waals surface area contributed by atoms with Crippen LogP contribution in [0.3, 0.4) is 0 Å². The molecule has 1 amide bonds. The Morgan fingerprint density at radius 3 is 2.56 bits per heavy atom. The van der Waals surface area contributed by atoms with E-state index in [9.17, 15) is 13.2 Å². The maximum atomic E-state index is 11.3. The minimum absolute atomic E-state index is 0.165. The van der Waals surface area contributed by atoms with Gasteiger partial charge < -0.3 is 16.3 Å². The van der Waals surface area contributed by atoms with Gasteiger partial charge in [-0.15, -0.1) is 0 Å². The molecule has 0 aliphatic heterocycles. The van der Waals surface area contributed by atoms with Crippen molar-refractivity contribution >= 4 is 21.8 Å². The lowest BCUT2D eigenvalue weighted by Gasteiger charge is -2.10. The molecular formula is C7H16N4O4S. The van der Waals surface area contributed by atoms with Gasteiger partial charge in [-0.2, -0.15) is 0 Å². The predicted octanol–water partition coefficient (Wildman–Crippen LogP) is -1.84. The summed E-state index contributed by atoms with van der Waals surface area (Å²) in [4.78, 5) is 11.3. The van der Waals surface area contributed by atoms with Gasteiger partial charge in [-0.25, -0.2) is 13.6 Å². The Labute approximate surface area is 93.7 Å². The zero-order valence-electron chi connectivity index (χ0n) is 8.88. The number of primary sulfonamides is 1. The minimum atomic E-state index is -3.50. The first-order valence-corrected chi connectivity index (χ1v) is 6.25. The molecule has 0 aromatic heterocycles. The summed E-state index contributed by atoms with van der Waals surface area (Å²) < 4.78 is 21.1. The molecule has 94 valence electrons. The van der Waals surface area contributed by atoms with E-state index in [0.29, 0.717) is 0 Å². The van der Waals surface area contributed by atoms with Crippen LogP contribution < -0.4 is 16.2 Å². The van der Waals surface area contributed by atoms with E-state index in [2.05, 4.69) is 10.5 Å². The van der Waals surface area contributed by atoms with Gasteiger partial charge in [0.15, 0.2) is 5.84 Å². The van der Waals surface area contributed by atoms with Crippen molar-refractivity contribution in [3.63, 3.8) is 0 Å². The average Bonchev–Trinajstić information content (AvgIpc) is 2.20. The standard InChI is InChI=1S/C7H16N4O4S/c1-5(6(8)11-13)7(12)10-3-2-4-16(9,14)15/h5,13H,2-4H2,1H3,(H2,8,11)(H,10,12)(H2,9,14,15). The van der Waals surface area contributed by atoms with Gasteiger partial charge in [-0.3, -0.25) is 4.79 Å². The van der Waals surface area contributed by atoms with Crippen LogP contribution in [0, 0.1) is 5.92 Å². The maximum absolute atomic E-state index is 11.3. The van der Waals surface area contributed by atoms with E-state index in [1.54, 1.807) is 0 Å². The third kappa shape index (κ3) is 6.19. The summed E-state index contributed by atoms with van der Waals surface area (Å²) in [6.07, 6.45) is 0.216. The molecule has 0 rings (SSSR count). The van der Waals surface area contributed by atoms with Crippen molar-refractivity contribution in [3.8, 4) is 0 Å². The molecule has 0 radical (unpaired) electrons. The lowest BCUT2D eigenvalue weighted by molar-refractivity contribution is -0.122. The number of rotatable bonds is 6. The number of nitrogens with zero attached hydrogens (tertiary/aromatic N) is 1. The second-order valence-electron chi connectivity index (χ2n) is 3.26. The quantitative estimate of drug-likeness (QED) is 0.144. The predicted molar refractivity (Wildman–Crippen MR) is 58.2 cm³/mol. The SMILES string of the molecule is CC(C(=O)NCCCS(N)(=O)=O)C(N)=NO. The maximum Gasteiger partial charge on any atom is 0.230 e. The topological polar surface area (TPSA) is 148 Å². The fourth-order valence-corrected chi connectivity index (χ4v) is 1.41. The van der Waals surface area contributed by atoms with Crippen molar-refractivity contribution < 1.29 is 18.4 Å². The fraction of sp³-hybridized carbons (Fsp3) is 0.714. The van der Waals surface area contributed by atoms with E-state index in [-0.39, 0.29) is 24.6 Å². The van der Waals surface area contributed by atoms with Gasteiger partial charge in [0, 0.05) is 6.54 Å². The molecular weight excluding hydrogens is 236 g/mol. The van der Waals surface area contributed by atoms with Gasteiger partial charge >= 0.3 is 0 Å². The molecule has 1 atom stereocenters. The van der Waals surface area contributed by atoms with Gasteiger partial charge in [-0.05, 0) is 13.3 Å². The number of nitrogens with one attached hydrogen (secondary N) is 1. The van der Waals surface area contributed by atoms with Gasteiger partial charge in [0.05, 0.1) is 11.7 Å². The third-order valence-electron chi connectivity index (χ3n) is 1.86. The number of oxime groups is 1. The van der Waals surface area contributed by atoms with Crippen LogP contribution in [-0.4, -0.2) is 37.7 Å². The summed E-state index contributed by atoms with van der Waals surface area (Å²) in [7, 11) is -3.50. The molecule has 0 saturated carbocycles. The van der Waals surface area contributed by atoms with Crippen LogP contribution in [0.5, 0.6) is 0 Å². The Hall–Kier alpha value is -1.35. The molecule has 0 spiro atoms. The lowest BCUT2D eigenvalue weighted by Crippen LogP contribution is -2.38. The van der Waals surface area contributed by atoms with E-state index in [0.717, 1.165) is 0 Å². The molecule has 0 aromatic carbocycles. The van der Waals surface area contributed by atoms with E-state index in [1.165, 1.54) is 6.92 Å². The van der Waals surface area contributed by atoms with Gasteiger partial charge in [0.25, 0.3) is 0 Å². The first-order valence-electron chi connectivity index (χ1n) is 4.53. The smallest absolute Gasteiger partial charge is 0.230 e. The van der Waals surface area contributed by atoms with Gasteiger partial charge in [-0.1, -0.05) is 5.16 Å². The molecule has 0 heterocycles. The summed E-state index contributed by atoms with van der Waals surface area (Å²) in [6, 6.07) is 0. The highest BCUT2D eigenvalue weighted by Crippen LogP contribution is 1.94. The number of amides is 1. The van der Waals surface area contributed by atoms with Crippen molar-refractivity contribution in [2.75, 3.05) is 12.3 Å². The second kappa shape index (κ2) is 6.28. The summed E-state index contributed by atoms with van der Waals surface area (Å²) >= 11 is 0. The molecule has 6 N–H and O–H groups in total. The molecule has 1 unspecified atom stereocenters. The number of carbonyl (C=O) groups is 1. The van der Waals surface area contributed by atoms with Crippen LogP contribution in [0.2, 0.25) is 0 Å². The number of hydrogen-bond acceptors (Lipinski definition) is 5. The number of hydrogen-bond donors (Lipinski definition) is 4. The minimum Gasteiger partial charge on any atom is -0.409 e. The Bertz CT molecular complexity index is 365. The molecule has 0 aliphatic rings. The molecule has 0 saturated heterocycles. The highest BCUT2D eigenvalue weighted by molar-refractivity contribution is 7.89. The normalized spacial score (nSPS) is 14.5. The third-order valence-corrected chi connectivity index (χ3v) is 2.71. The van der Waals surface area contributed by atoms with Gasteiger partial charge in [0.1, 0.15) is 0 Å². The van der Waals surface area contributed by atoms with Crippen LogP contribution in [0.1, 0.15) is 13.3 Å². The summed E-state index contributed by atoms with van der Waals surface area (Å²) in [6.45, 7) is 1.63. The van der Waals surface area contributed by atoms with E-state index >= 15 is 0 Å². The Morgan fingerprint density at radius 2 is 2.12 bits per heavy atom. The zero-order chi connectivity index (χ0) is 12.8. The van der Waals surface area contributed by atoms with Crippen molar-refractivity contribution in [3.05, 3.63) is 0 Å². The van der Waals surface area contributed by atoms with Crippen molar-refractivity contribution in [2.24, 2.45) is 21.9 Å². The van der Waals surface area contributed by atoms with Gasteiger partial charge in [0.2, 0.25) is 15.9 Å². The van der Waals surface area contributed by atoms with Crippen LogP contribution >= 0.6 is 0 Å². The van der Waals surface area contributed by atoms with Crippen LogP contribution in [0.15, 0.2) is 5.16 Å². The van der Waals surface area contributed by atoms with E-state index in [4.69, 9.17) is 16.1 Å². The summed E-state index contributed by atoms with van der Waals surface area (Å²) in [5.74, 6) is -1.61. The highest BCUT2D eigenvalue weighted by Gasteiger charge is 2.16. The van der Waals surface area contributed by atoms with Crippen LogP contribution in [0.25, 0.3) is 0 Å². The largest absolute Gasteiger partial charge is 0.409 e. The first-order chi connectivity index (χ1) is 7.28. The number of carbonyl (C=O) groups excluding carboxylic acids is 1. The van der Waals surface area contributed by atoms with E-state index in [1.807, 2.05) is 0 Å². The zero-order valence-corrected chi connectivity index (χ0v) is 9.70. The van der Waals surface area contributed by atoms with Crippen LogP contribution in [-0.2, 0) is 14.8 Å². The monoisotopic (exact) mass is 252 g/mol. The first kappa shape index (κ1) is 14.6. The molecule has 0 bridgehead atoms. The molecule has 0 fully saturated rings. The molecule has 0 aliphatic carbocycles. The Balaban J connectivity index is 3.92. The average molecular weight is 252 g/mol. The number of sulfonamides is 1. The number of amidine groups is 1. The van der Waals surface area contributed by atoms with E-state index < -0.39 is 21.8 Å². The Kier molecular flexibility index (Phi) is 5.75. The summed E-state index contributed by atoms with van der Waals surface area (Å²) in [5, 5.41) is 18.2. The molecule has 16 heavy (non-hydrogen) atoms. The highest BCUT2D eigenvalue weighted by atomic mass is 32.2. The second-order valence-corrected chi connectivity index (χ2v) is 4.99. The lowest BCUT2D eigenvalue weighted by atomic mass is 10.1. The van der Waals surface area contributed by atoms with Crippen LogP contribution in [0.4, 0.5) is 0 Å². The molecule has 8 nitrogen and oxygen atoms in total.